The van der Waals surface area contributed by atoms with Gasteiger partial charge in [0.05, 0.1) is 6.04 Å². The fraction of sp³-hybridized carbons (Fsp3) is 0.364. The third-order valence-corrected chi connectivity index (χ3v) is 2.45. The molecule has 17 heavy (non-hydrogen) atoms. The van der Waals surface area contributed by atoms with Crippen molar-refractivity contribution in [1.82, 2.24) is 19.9 Å². The van der Waals surface area contributed by atoms with E-state index in [0.29, 0.717) is 0 Å². The standard InChI is InChI=1S/C11H16N6/c1-3-8(10-13-4-5-14-10)16-9-6-7(2)15-11(12)17-9/h4-6,8H,3H2,1-2H3,(H,13,14)(H3,12,15,16,17). The van der Waals surface area contributed by atoms with Gasteiger partial charge in [-0.2, -0.15) is 4.98 Å². The molecule has 0 aromatic carbocycles. The highest BCUT2D eigenvalue weighted by molar-refractivity contribution is 5.41. The van der Waals surface area contributed by atoms with Crippen LogP contribution < -0.4 is 11.1 Å². The number of nitrogens with two attached hydrogens (primary N) is 1. The minimum Gasteiger partial charge on any atom is -0.368 e. The normalized spacial score (nSPS) is 12.4. The van der Waals surface area contributed by atoms with Gasteiger partial charge in [-0.15, -0.1) is 0 Å². The fourth-order valence-corrected chi connectivity index (χ4v) is 1.68. The molecule has 90 valence electrons. The summed E-state index contributed by atoms with van der Waals surface area (Å²) in [4.78, 5) is 15.5. The van der Waals surface area contributed by atoms with Crippen LogP contribution in [0.2, 0.25) is 0 Å². The van der Waals surface area contributed by atoms with Crippen LogP contribution >= 0.6 is 0 Å². The molecular formula is C11H16N6. The first-order valence-corrected chi connectivity index (χ1v) is 5.56. The van der Waals surface area contributed by atoms with Gasteiger partial charge in [0.2, 0.25) is 5.95 Å². The van der Waals surface area contributed by atoms with Gasteiger partial charge in [-0.05, 0) is 13.3 Å². The monoisotopic (exact) mass is 232 g/mol. The Hall–Kier alpha value is -2.11. The topological polar surface area (TPSA) is 92.5 Å². The Morgan fingerprint density at radius 1 is 1.47 bits per heavy atom. The minimum atomic E-state index is 0.0960. The average molecular weight is 232 g/mol. The minimum absolute atomic E-state index is 0.0960. The van der Waals surface area contributed by atoms with Gasteiger partial charge in [0.1, 0.15) is 11.6 Å². The van der Waals surface area contributed by atoms with Gasteiger partial charge in [0, 0.05) is 24.2 Å². The lowest BCUT2D eigenvalue weighted by atomic mass is 10.2. The number of hydrogen-bond acceptors (Lipinski definition) is 5. The Kier molecular flexibility index (Phi) is 3.22. The molecule has 2 aromatic rings. The predicted molar refractivity (Wildman–Crippen MR) is 66.4 cm³/mol. The maximum atomic E-state index is 5.61. The van der Waals surface area contributed by atoms with Crippen molar-refractivity contribution in [3.05, 3.63) is 30.0 Å². The molecule has 0 radical (unpaired) electrons. The number of imidazole rings is 1. The molecule has 0 saturated carbocycles. The molecule has 4 N–H and O–H groups in total. The van der Waals surface area contributed by atoms with E-state index in [2.05, 4.69) is 32.2 Å². The Bertz CT molecular complexity index is 458. The van der Waals surface area contributed by atoms with Gasteiger partial charge in [0.15, 0.2) is 0 Å². The number of H-pyrrole nitrogens is 1. The van der Waals surface area contributed by atoms with Crippen molar-refractivity contribution in [3.63, 3.8) is 0 Å². The molecule has 0 aliphatic heterocycles. The van der Waals surface area contributed by atoms with E-state index in [9.17, 15) is 0 Å². The van der Waals surface area contributed by atoms with Gasteiger partial charge in [-0.3, -0.25) is 0 Å². The molecule has 0 fully saturated rings. The molecule has 6 heteroatoms. The summed E-state index contributed by atoms with van der Waals surface area (Å²) in [5.41, 5.74) is 6.45. The molecule has 2 aromatic heterocycles. The summed E-state index contributed by atoms with van der Waals surface area (Å²) in [6.45, 7) is 3.97. The van der Waals surface area contributed by atoms with Crippen molar-refractivity contribution in [2.45, 2.75) is 26.3 Å². The molecule has 1 atom stereocenters. The highest BCUT2D eigenvalue weighted by Gasteiger charge is 2.12. The van der Waals surface area contributed by atoms with Gasteiger partial charge in [-0.25, -0.2) is 9.97 Å². The molecule has 1 unspecified atom stereocenters. The lowest BCUT2D eigenvalue weighted by Gasteiger charge is -2.15. The van der Waals surface area contributed by atoms with E-state index in [1.54, 1.807) is 12.4 Å². The lowest BCUT2D eigenvalue weighted by Crippen LogP contribution is -2.13. The second-order valence-corrected chi connectivity index (χ2v) is 3.83. The molecule has 2 heterocycles. The Morgan fingerprint density at radius 3 is 2.88 bits per heavy atom. The number of nitrogens with zero attached hydrogens (tertiary/aromatic N) is 3. The van der Waals surface area contributed by atoms with Crippen LogP contribution in [-0.4, -0.2) is 19.9 Å². The van der Waals surface area contributed by atoms with Crippen LogP contribution in [0.4, 0.5) is 11.8 Å². The molecule has 0 saturated heterocycles. The van der Waals surface area contributed by atoms with Crippen molar-refractivity contribution >= 4 is 11.8 Å². The van der Waals surface area contributed by atoms with Crippen LogP contribution in [0.15, 0.2) is 18.5 Å². The van der Waals surface area contributed by atoms with Gasteiger partial charge in [0.25, 0.3) is 0 Å². The van der Waals surface area contributed by atoms with E-state index >= 15 is 0 Å². The van der Waals surface area contributed by atoms with Crippen LogP contribution in [0, 0.1) is 6.92 Å². The smallest absolute Gasteiger partial charge is 0.222 e. The predicted octanol–water partition coefficient (Wildman–Crippen LogP) is 1.65. The van der Waals surface area contributed by atoms with Crippen LogP contribution in [-0.2, 0) is 0 Å². The number of aryl methyl sites for hydroxylation is 1. The van der Waals surface area contributed by atoms with E-state index in [4.69, 9.17) is 5.73 Å². The lowest BCUT2D eigenvalue weighted by molar-refractivity contribution is 0.700. The maximum Gasteiger partial charge on any atom is 0.222 e. The van der Waals surface area contributed by atoms with Crippen molar-refractivity contribution in [2.24, 2.45) is 0 Å². The Morgan fingerprint density at radius 2 is 2.29 bits per heavy atom. The van der Waals surface area contributed by atoms with Crippen molar-refractivity contribution in [1.29, 1.82) is 0 Å². The quantitative estimate of drug-likeness (QED) is 0.745. The first-order chi connectivity index (χ1) is 8.19. The molecule has 2 rings (SSSR count). The second-order valence-electron chi connectivity index (χ2n) is 3.83. The number of nitrogens with one attached hydrogen (secondary N) is 2. The largest absolute Gasteiger partial charge is 0.368 e. The third kappa shape index (κ3) is 2.72. The fourth-order valence-electron chi connectivity index (χ4n) is 1.68. The van der Waals surface area contributed by atoms with E-state index in [0.717, 1.165) is 23.8 Å². The summed E-state index contributed by atoms with van der Waals surface area (Å²) in [6.07, 6.45) is 4.44. The first-order valence-electron chi connectivity index (χ1n) is 5.56. The van der Waals surface area contributed by atoms with Crippen molar-refractivity contribution < 1.29 is 0 Å². The number of nitrogen functional groups attached to an aromatic ring is 1. The van der Waals surface area contributed by atoms with Gasteiger partial charge < -0.3 is 16.0 Å². The maximum absolute atomic E-state index is 5.61. The zero-order valence-electron chi connectivity index (χ0n) is 9.94. The van der Waals surface area contributed by atoms with Crippen LogP contribution in [0.25, 0.3) is 0 Å². The highest BCUT2D eigenvalue weighted by Crippen LogP contribution is 2.18. The number of hydrogen-bond donors (Lipinski definition) is 3. The Labute approximate surface area is 99.7 Å². The summed E-state index contributed by atoms with van der Waals surface area (Å²) >= 11 is 0. The SMILES string of the molecule is CCC(Nc1cc(C)nc(N)n1)c1ncc[nH]1. The summed E-state index contributed by atoms with van der Waals surface area (Å²) in [5, 5.41) is 3.29. The number of rotatable bonds is 4. The number of aromatic nitrogens is 4. The molecule has 0 aliphatic rings. The van der Waals surface area contributed by atoms with Crippen LogP contribution in [0.3, 0.4) is 0 Å². The molecule has 0 bridgehead atoms. The summed E-state index contributed by atoms with van der Waals surface area (Å²) in [5.74, 6) is 1.89. The number of anilines is 2. The third-order valence-electron chi connectivity index (χ3n) is 2.45. The molecule has 0 aliphatic carbocycles. The summed E-state index contributed by atoms with van der Waals surface area (Å²) < 4.78 is 0. The van der Waals surface area contributed by atoms with Crippen LogP contribution in [0.5, 0.6) is 0 Å². The molecule has 0 spiro atoms. The van der Waals surface area contributed by atoms with E-state index in [-0.39, 0.29) is 12.0 Å². The van der Waals surface area contributed by atoms with Gasteiger partial charge in [-0.1, -0.05) is 6.92 Å². The van der Waals surface area contributed by atoms with Crippen LogP contribution in [0.1, 0.15) is 30.9 Å². The zero-order valence-corrected chi connectivity index (χ0v) is 9.94. The summed E-state index contributed by atoms with van der Waals surface area (Å²) in [7, 11) is 0. The van der Waals surface area contributed by atoms with Gasteiger partial charge >= 0.3 is 0 Å². The molecule has 0 amide bonds. The van der Waals surface area contributed by atoms with E-state index in [1.807, 2.05) is 13.0 Å². The summed E-state index contributed by atoms with van der Waals surface area (Å²) in [6, 6.07) is 1.96. The molecule has 6 nitrogen and oxygen atoms in total. The van der Waals surface area contributed by atoms with E-state index in [1.165, 1.54) is 0 Å². The van der Waals surface area contributed by atoms with Crippen molar-refractivity contribution in [2.75, 3.05) is 11.1 Å². The molecular weight excluding hydrogens is 216 g/mol. The first kappa shape index (κ1) is 11.4. The zero-order chi connectivity index (χ0) is 12.3. The highest BCUT2D eigenvalue weighted by atomic mass is 15.1. The number of aromatic amines is 1. The second kappa shape index (κ2) is 4.82. The van der Waals surface area contributed by atoms with Crippen molar-refractivity contribution in [3.8, 4) is 0 Å². The average Bonchev–Trinajstić information content (AvgIpc) is 2.77. The Balaban J connectivity index is 2.18. The van der Waals surface area contributed by atoms with E-state index < -0.39 is 0 Å².